The highest BCUT2D eigenvalue weighted by molar-refractivity contribution is 5.72. The predicted octanol–water partition coefficient (Wildman–Crippen LogP) is 0.572. The van der Waals surface area contributed by atoms with E-state index in [1.165, 1.54) is 4.57 Å². The summed E-state index contributed by atoms with van der Waals surface area (Å²) in [6.07, 6.45) is -0.241. The molecule has 4 rings (SSSR count). The number of H-pyrrole nitrogens is 1. The number of aromatic nitrogens is 4. The summed E-state index contributed by atoms with van der Waals surface area (Å²) >= 11 is 0. The normalized spacial score (nSPS) is 16.2. The lowest BCUT2D eigenvalue weighted by Crippen LogP contribution is -2.30. The van der Waals surface area contributed by atoms with Gasteiger partial charge in [0.25, 0.3) is 11.6 Å². The van der Waals surface area contributed by atoms with Gasteiger partial charge in [0.05, 0.1) is 6.54 Å². The third kappa shape index (κ3) is 2.27. The monoisotopic (exact) mass is 328 g/mol. The average Bonchev–Trinajstić information content (AvgIpc) is 3.09. The number of nitrogens with zero attached hydrogens (tertiary/aromatic N) is 3. The van der Waals surface area contributed by atoms with E-state index in [1.807, 2.05) is 31.2 Å². The van der Waals surface area contributed by atoms with E-state index < -0.39 is 11.2 Å². The van der Waals surface area contributed by atoms with Crippen LogP contribution in [0, 0.1) is 6.92 Å². The van der Waals surface area contributed by atoms with Crippen LogP contribution in [0.15, 0.2) is 33.9 Å². The first kappa shape index (κ1) is 14.6. The molecule has 0 aliphatic carbocycles. The first-order chi connectivity index (χ1) is 11.5. The van der Waals surface area contributed by atoms with Gasteiger partial charge >= 0.3 is 5.69 Å². The number of benzene rings is 1. The van der Waals surface area contributed by atoms with E-state index in [0.29, 0.717) is 30.3 Å². The van der Waals surface area contributed by atoms with E-state index in [0.717, 1.165) is 11.3 Å². The number of imidazole rings is 1. The highest BCUT2D eigenvalue weighted by Gasteiger charge is 2.29. The number of aryl methyl sites for hydroxylation is 2. The van der Waals surface area contributed by atoms with E-state index in [4.69, 9.17) is 9.47 Å². The van der Waals surface area contributed by atoms with Crippen LogP contribution in [0.1, 0.15) is 5.56 Å². The maximum absolute atomic E-state index is 12.1. The fourth-order valence-corrected chi connectivity index (χ4v) is 2.77. The molecule has 2 aromatic heterocycles. The molecule has 0 fully saturated rings. The van der Waals surface area contributed by atoms with Crippen molar-refractivity contribution in [1.29, 1.82) is 0 Å². The minimum Gasteiger partial charge on any atom is -0.490 e. The summed E-state index contributed by atoms with van der Waals surface area (Å²) in [5, 5.41) is 0. The lowest BCUT2D eigenvalue weighted by Gasteiger charge is -2.11. The topological polar surface area (TPSA) is 91.1 Å². The van der Waals surface area contributed by atoms with Crippen molar-refractivity contribution in [3.8, 4) is 11.8 Å². The predicted molar refractivity (Wildman–Crippen MR) is 86.7 cm³/mol. The summed E-state index contributed by atoms with van der Waals surface area (Å²) in [6, 6.07) is 8.08. The van der Waals surface area contributed by atoms with Gasteiger partial charge in [-0.15, -0.1) is 0 Å². The zero-order valence-electron chi connectivity index (χ0n) is 13.3. The zero-order chi connectivity index (χ0) is 16.8. The molecular formula is C16H16N4O4. The van der Waals surface area contributed by atoms with Crippen LogP contribution in [0.5, 0.6) is 11.8 Å². The molecule has 8 heteroatoms. The van der Waals surface area contributed by atoms with E-state index in [9.17, 15) is 9.59 Å². The smallest absolute Gasteiger partial charge is 0.329 e. The molecule has 8 nitrogen and oxygen atoms in total. The molecule has 24 heavy (non-hydrogen) atoms. The lowest BCUT2D eigenvalue weighted by molar-refractivity contribution is 0.144. The van der Waals surface area contributed by atoms with Crippen LogP contribution in [-0.2, 0) is 13.6 Å². The van der Waals surface area contributed by atoms with Gasteiger partial charge in [-0.05, 0) is 19.1 Å². The van der Waals surface area contributed by atoms with Crippen LogP contribution in [-0.4, -0.2) is 31.8 Å². The van der Waals surface area contributed by atoms with Gasteiger partial charge in [-0.1, -0.05) is 17.7 Å². The zero-order valence-corrected chi connectivity index (χ0v) is 13.3. The summed E-state index contributed by atoms with van der Waals surface area (Å²) in [7, 11) is 1.56. The number of hydrogen-bond donors (Lipinski definition) is 1. The Labute approximate surface area is 136 Å². The molecule has 0 radical (unpaired) electrons. The van der Waals surface area contributed by atoms with E-state index >= 15 is 0 Å². The number of rotatable bonds is 3. The van der Waals surface area contributed by atoms with Crippen molar-refractivity contribution in [2.75, 3.05) is 6.61 Å². The summed E-state index contributed by atoms with van der Waals surface area (Å²) in [5.74, 6) is 0.763. The molecule has 0 spiro atoms. The first-order valence-corrected chi connectivity index (χ1v) is 7.58. The molecule has 0 bridgehead atoms. The van der Waals surface area contributed by atoms with Gasteiger partial charge in [-0.25, -0.2) is 4.79 Å². The van der Waals surface area contributed by atoms with Crippen LogP contribution >= 0.6 is 0 Å². The Morgan fingerprint density at radius 3 is 2.83 bits per heavy atom. The third-order valence-electron chi connectivity index (χ3n) is 4.09. The molecule has 0 saturated carbocycles. The number of aromatic amines is 1. The fraction of sp³-hybridized carbons (Fsp3) is 0.312. The van der Waals surface area contributed by atoms with Gasteiger partial charge in [-0.2, -0.15) is 4.98 Å². The van der Waals surface area contributed by atoms with Crippen molar-refractivity contribution in [3.63, 3.8) is 0 Å². The Kier molecular flexibility index (Phi) is 3.19. The Hall–Kier alpha value is -3.03. The van der Waals surface area contributed by atoms with E-state index in [1.54, 1.807) is 11.6 Å². The van der Waals surface area contributed by atoms with Gasteiger partial charge in [0.1, 0.15) is 12.4 Å². The summed E-state index contributed by atoms with van der Waals surface area (Å²) < 4.78 is 14.4. The minimum atomic E-state index is -0.497. The number of ether oxygens (including phenoxy) is 2. The quantitative estimate of drug-likeness (QED) is 0.759. The second-order valence-corrected chi connectivity index (χ2v) is 5.86. The van der Waals surface area contributed by atoms with Crippen molar-refractivity contribution in [2.24, 2.45) is 7.05 Å². The van der Waals surface area contributed by atoms with Crippen LogP contribution in [0.2, 0.25) is 0 Å². The fourth-order valence-electron chi connectivity index (χ4n) is 2.77. The molecule has 0 unspecified atom stereocenters. The molecule has 0 saturated heterocycles. The largest absolute Gasteiger partial charge is 0.490 e. The van der Waals surface area contributed by atoms with Crippen LogP contribution < -0.4 is 20.7 Å². The minimum absolute atomic E-state index is 0.241. The molecule has 1 aliphatic rings. The van der Waals surface area contributed by atoms with Crippen molar-refractivity contribution in [1.82, 2.24) is 19.1 Å². The molecule has 1 aromatic carbocycles. The third-order valence-corrected chi connectivity index (χ3v) is 4.09. The molecule has 1 N–H and O–H groups in total. The maximum Gasteiger partial charge on any atom is 0.329 e. The highest BCUT2D eigenvalue weighted by Crippen LogP contribution is 2.25. The summed E-state index contributed by atoms with van der Waals surface area (Å²) in [4.78, 5) is 30.2. The molecule has 1 atom stereocenters. The molecule has 1 aliphatic heterocycles. The van der Waals surface area contributed by atoms with E-state index in [-0.39, 0.29) is 6.10 Å². The average molecular weight is 328 g/mol. The van der Waals surface area contributed by atoms with Crippen LogP contribution in [0.3, 0.4) is 0 Å². The Bertz CT molecular complexity index is 1030. The van der Waals surface area contributed by atoms with Crippen LogP contribution in [0.4, 0.5) is 0 Å². The standard InChI is InChI=1S/C16H16N4O4/c1-9-3-5-10(6-4-9)23-8-11-7-20-12-13(17-16(20)24-11)19(2)15(22)18-14(12)21/h3-6,11H,7-8H2,1-2H3,(H,18,21,22)/t11-/m1/s1. The molecule has 0 amide bonds. The number of hydrogen-bond acceptors (Lipinski definition) is 5. The van der Waals surface area contributed by atoms with Crippen molar-refractivity contribution in [3.05, 3.63) is 50.7 Å². The highest BCUT2D eigenvalue weighted by atomic mass is 16.6. The maximum atomic E-state index is 12.1. The SMILES string of the molecule is Cc1ccc(OC[C@H]2Cn3c(nc4c3c(=O)[nH]c(=O)n4C)O2)cc1. The van der Waals surface area contributed by atoms with Crippen molar-refractivity contribution in [2.45, 2.75) is 19.6 Å². The molecule has 3 heterocycles. The van der Waals surface area contributed by atoms with Gasteiger partial charge in [0.2, 0.25) is 0 Å². The first-order valence-electron chi connectivity index (χ1n) is 7.58. The van der Waals surface area contributed by atoms with E-state index in [2.05, 4.69) is 9.97 Å². The van der Waals surface area contributed by atoms with Gasteiger partial charge in [0, 0.05) is 7.05 Å². The lowest BCUT2D eigenvalue weighted by atomic mass is 10.2. The Morgan fingerprint density at radius 2 is 2.08 bits per heavy atom. The van der Waals surface area contributed by atoms with Gasteiger partial charge < -0.3 is 9.47 Å². The molecular weight excluding hydrogens is 312 g/mol. The second-order valence-electron chi connectivity index (χ2n) is 5.86. The molecule has 3 aromatic rings. The number of fused-ring (bicyclic) bond motifs is 3. The van der Waals surface area contributed by atoms with Gasteiger partial charge in [-0.3, -0.25) is 18.9 Å². The Balaban J connectivity index is 1.56. The number of nitrogens with one attached hydrogen (secondary N) is 1. The Morgan fingerprint density at radius 1 is 1.33 bits per heavy atom. The summed E-state index contributed by atoms with van der Waals surface area (Å²) in [6.45, 7) is 2.80. The molecule has 124 valence electrons. The van der Waals surface area contributed by atoms with Crippen molar-refractivity contribution >= 4 is 11.2 Å². The van der Waals surface area contributed by atoms with Gasteiger partial charge in [0.15, 0.2) is 17.3 Å². The van der Waals surface area contributed by atoms with Crippen LogP contribution in [0.25, 0.3) is 11.2 Å². The summed E-state index contributed by atoms with van der Waals surface area (Å²) in [5.41, 5.74) is 0.858. The second kappa shape index (κ2) is 5.26. The van der Waals surface area contributed by atoms with Crippen molar-refractivity contribution < 1.29 is 9.47 Å².